The van der Waals surface area contributed by atoms with Crippen LogP contribution in [0.4, 0.5) is 0 Å². The Kier molecular flexibility index (Phi) is 14.7. The highest BCUT2D eigenvalue weighted by atomic mass is 16.5. The van der Waals surface area contributed by atoms with Crippen LogP contribution in [0, 0.1) is 0 Å². The largest absolute Gasteiger partial charge is 0.550 e. The Labute approximate surface area is 191 Å². The third kappa shape index (κ3) is 13.6. The average molecular weight is 454 g/mol. The van der Waals surface area contributed by atoms with Gasteiger partial charge in [-0.1, -0.05) is 6.58 Å². The van der Waals surface area contributed by atoms with Crippen molar-refractivity contribution in [3.8, 4) is 0 Å². The van der Waals surface area contributed by atoms with Gasteiger partial charge in [0, 0.05) is 62.1 Å². The van der Waals surface area contributed by atoms with Gasteiger partial charge >= 0.3 is 5.97 Å². The van der Waals surface area contributed by atoms with E-state index in [0.29, 0.717) is 54.4 Å². The van der Waals surface area contributed by atoms with E-state index >= 15 is 0 Å². The molecule has 0 radical (unpaired) electrons. The van der Waals surface area contributed by atoms with Crippen molar-refractivity contribution < 1.29 is 33.5 Å². The molecule has 1 unspecified atom stereocenters. The number of carboxylic acids is 1. The molecular weight excluding hydrogens is 414 g/mol. The molecule has 2 N–H and O–H groups in total. The van der Waals surface area contributed by atoms with E-state index in [2.05, 4.69) is 17.2 Å². The molecule has 1 atom stereocenters. The molecule has 0 bridgehead atoms. The average Bonchev–Trinajstić information content (AvgIpc) is 2.72. The number of nitrogens with one attached hydrogen (secondary N) is 2. The summed E-state index contributed by atoms with van der Waals surface area (Å²) < 4.78 is 5.56. The minimum absolute atomic E-state index is 0.0325. The van der Waals surface area contributed by atoms with E-state index in [4.69, 9.17) is 4.74 Å². The van der Waals surface area contributed by atoms with Crippen molar-refractivity contribution in [2.24, 2.45) is 0 Å². The van der Waals surface area contributed by atoms with Crippen LogP contribution in [0.5, 0.6) is 0 Å². The van der Waals surface area contributed by atoms with Crippen molar-refractivity contribution in [3.05, 3.63) is 23.9 Å². The number of ether oxygens (including phenoxy) is 1. The van der Waals surface area contributed by atoms with Gasteiger partial charge in [-0.25, -0.2) is 4.79 Å². The number of carboxylic acid groups (broad SMARTS) is 1. The summed E-state index contributed by atoms with van der Waals surface area (Å²) in [5.41, 5.74) is 0.900. The van der Waals surface area contributed by atoms with Gasteiger partial charge < -0.3 is 34.5 Å². The molecular formula is C23H39N3O6. The number of carbonyl (C=O) groups is 4. The van der Waals surface area contributed by atoms with Crippen LogP contribution in [0.1, 0.15) is 52.4 Å². The molecule has 0 saturated carbocycles. The Morgan fingerprint density at radius 1 is 1.12 bits per heavy atom. The molecule has 0 aliphatic rings. The smallest absolute Gasteiger partial charge is 0.333 e. The molecule has 9 nitrogen and oxygen atoms in total. The fourth-order valence-corrected chi connectivity index (χ4v) is 3.15. The van der Waals surface area contributed by atoms with Gasteiger partial charge in [-0.3, -0.25) is 4.79 Å². The van der Waals surface area contributed by atoms with E-state index in [1.54, 1.807) is 20.0 Å². The van der Waals surface area contributed by atoms with Gasteiger partial charge in [0.05, 0.1) is 33.3 Å². The Hall–Kier alpha value is -2.68. The molecule has 0 aliphatic heterocycles. The zero-order valence-corrected chi connectivity index (χ0v) is 19.9. The minimum atomic E-state index is -1.09. The number of esters is 1. The van der Waals surface area contributed by atoms with Crippen molar-refractivity contribution in [1.82, 2.24) is 10.6 Å². The Bertz CT molecular complexity index is 673. The van der Waals surface area contributed by atoms with Crippen molar-refractivity contribution in [3.63, 3.8) is 0 Å². The topological polar surface area (TPSA) is 125 Å². The highest BCUT2D eigenvalue weighted by molar-refractivity contribution is 5.92. The quantitative estimate of drug-likeness (QED) is 0.101. The molecule has 0 heterocycles. The minimum Gasteiger partial charge on any atom is -0.550 e. The summed E-state index contributed by atoms with van der Waals surface area (Å²) in [4.78, 5) is 45.0. The Balaban J connectivity index is 4.28. The first-order valence-electron chi connectivity index (χ1n) is 11.0. The van der Waals surface area contributed by atoms with E-state index in [9.17, 15) is 24.3 Å². The third-order valence-corrected chi connectivity index (χ3v) is 5.21. The number of aldehydes is 1. The van der Waals surface area contributed by atoms with Crippen molar-refractivity contribution in [1.29, 1.82) is 0 Å². The van der Waals surface area contributed by atoms with E-state index in [-0.39, 0.29) is 25.0 Å². The lowest BCUT2D eigenvalue weighted by Gasteiger charge is -2.38. The standard InChI is InChI=1S/C23H39N3O6/c1-18(2)23(31)32-16-8-12-24-17-19(3)22(30)25-13-7-14-26(4,5)20(9-6-15-27)10-11-21(28)29/h15,17,20H,1,6-14,16H2,2-5H3,(H2-,24,25,28,29,30). The van der Waals surface area contributed by atoms with Gasteiger partial charge in [-0.2, -0.15) is 0 Å². The predicted octanol–water partition coefficient (Wildman–Crippen LogP) is 0.450. The Morgan fingerprint density at radius 3 is 2.41 bits per heavy atom. The normalized spacial score (nSPS) is 12.6. The van der Waals surface area contributed by atoms with Gasteiger partial charge in [0.25, 0.3) is 0 Å². The molecule has 0 rings (SSSR count). The molecule has 0 fully saturated rings. The fraction of sp³-hybridized carbons (Fsp3) is 0.652. The molecule has 9 heteroatoms. The first-order valence-corrected chi connectivity index (χ1v) is 11.0. The summed E-state index contributed by atoms with van der Waals surface area (Å²) in [6.07, 6.45) is 5.25. The number of amides is 1. The maximum absolute atomic E-state index is 12.2. The number of carbonyl (C=O) groups excluding carboxylic acids is 4. The lowest BCUT2D eigenvalue weighted by Crippen LogP contribution is -2.50. The maximum Gasteiger partial charge on any atom is 0.333 e. The number of quaternary nitrogens is 1. The SMILES string of the molecule is C=C(C)C(=O)OCCCNC=C(C)C(=O)NCCC[N+](C)(C)C(CCC=O)CCC(=O)[O-]. The van der Waals surface area contributed by atoms with Crippen LogP contribution >= 0.6 is 0 Å². The molecule has 0 aliphatic carbocycles. The van der Waals surface area contributed by atoms with Gasteiger partial charge in [0.1, 0.15) is 6.29 Å². The second-order valence-electron chi connectivity index (χ2n) is 8.47. The molecule has 182 valence electrons. The third-order valence-electron chi connectivity index (χ3n) is 5.21. The molecule has 32 heavy (non-hydrogen) atoms. The second kappa shape index (κ2) is 16.0. The highest BCUT2D eigenvalue weighted by Crippen LogP contribution is 2.18. The lowest BCUT2D eigenvalue weighted by molar-refractivity contribution is -0.915. The number of hydrogen-bond acceptors (Lipinski definition) is 7. The summed E-state index contributed by atoms with van der Waals surface area (Å²) in [5.74, 6) is -1.67. The second-order valence-corrected chi connectivity index (χ2v) is 8.47. The number of aliphatic carboxylic acids is 1. The van der Waals surface area contributed by atoms with E-state index in [1.807, 2.05) is 14.1 Å². The van der Waals surface area contributed by atoms with Crippen LogP contribution in [0.3, 0.4) is 0 Å². The van der Waals surface area contributed by atoms with E-state index in [0.717, 1.165) is 19.3 Å². The van der Waals surface area contributed by atoms with Crippen LogP contribution in [0.15, 0.2) is 23.9 Å². The summed E-state index contributed by atoms with van der Waals surface area (Å²) in [6.45, 7) is 8.88. The zero-order valence-electron chi connectivity index (χ0n) is 19.9. The molecule has 1 amide bonds. The molecule has 0 spiro atoms. The molecule has 0 saturated heterocycles. The number of hydrogen-bond donors (Lipinski definition) is 2. The molecule has 0 aromatic rings. The summed E-state index contributed by atoms with van der Waals surface area (Å²) in [6, 6.07) is 0.0364. The van der Waals surface area contributed by atoms with Crippen molar-refractivity contribution >= 4 is 24.1 Å². The van der Waals surface area contributed by atoms with Crippen molar-refractivity contribution in [2.45, 2.75) is 58.4 Å². The first-order chi connectivity index (χ1) is 15.0. The van der Waals surface area contributed by atoms with Crippen LogP contribution in [-0.2, 0) is 23.9 Å². The number of nitrogens with zero attached hydrogens (tertiary/aromatic N) is 1. The predicted molar refractivity (Wildman–Crippen MR) is 120 cm³/mol. The maximum atomic E-state index is 12.2. The Morgan fingerprint density at radius 2 is 1.81 bits per heavy atom. The summed E-state index contributed by atoms with van der Waals surface area (Å²) >= 11 is 0. The van der Waals surface area contributed by atoms with Gasteiger partial charge in [-0.05, 0) is 26.7 Å². The molecule has 0 aromatic heterocycles. The van der Waals surface area contributed by atoms with E-state index in [1.165, 1.54) is 0 Å². The van der Waals surface area contributed by atoms with Gasteiger partial charge in [0.2, 0.25) is 5.91 Å². The van der Waals surface area contributed by atoms with Crippen LogP contribution < -0.4 is 15.7 Å². The monoisotopic (exact) mass is 453 g/mol. The first kappa shape index (κ1) is 29.3. The number of rotatable bonds is 18. The molecule has 0 aromatic carbocycles. The zero-order chi connectivity index (χ0) is 24.6. The highest BCUT2D eigenvalue weighted by Gasteiger charge is 2.27. The van der Waals surface area contributed by atoms with E-state index < -0.39 is 11.9 Å². The van der Waals surface area contributed by atoms with Crippen LogP contribution in [0.25, 0.3) is 0 Å². The van der Waals surface area contributed by atoms with Crippen LogP contribution in [0.2, 0.25) is 0 Å². The van der Waals surface area contributed by atoms with Gasteiger partial charge in [0.15, 0.2) is 0 Å². The van der Waals surface area contributed by atoms with Crippen molar-refractivity contribution in [2.75, 3.05) is 40.3 Å². The summed E-state index contributed by atoms with van der Waals surface area (Å²) in [7, 11) is 4.02. The van der Waals surface area contributed by atoms with Gasteiger partial charge in [-0.15, -0.1) is 0 Å². The lowest BCUT2D eigenvalue weighted by atomic mass is 10.0. The fourth-order valence-electron chi connectivity index (χ4n) is 3.15. The van der Waals surface area contributed by atoms with Crippen LogP contribution in [-0.4, -0.2) is 75.0 Å². The summed E-state index contributed by atoms with van der Waals surface area (Å²) in [5, 5.41) is 16.7.